The molecule has 4 rings (SSSR count). The number of methoxy groups -OCH3 is 1. The number of pyridine rings is 1. The lowest BCUT2D eigenvalue weighted by Crippen LogP contribution is -2.20. The van der Waals surface area contributed by atoms with Crippen molar-refractivity contribution in [2.24, 2.45) is 5.92 Å². The third-order valence-corrected chi connectivity index (χ3v) is 6.33. The molecule has 1 fully saturated rings. The predicted octanol–water partition coefficient (Wildman–Crippen LogP) is 4.87. The van der Waals surface area contributed by atoms with Gasteiger partial charge in [0.1, 0.15) is 11.3 Å². The average Bonchev–Trinajstić information content (AvgIpc) is 3.32. The van der Waals surface area contributed by atoms with Crippen molar-refractivity contribution in [2.45, 2.75) is 39.3 Å². The molecule has 6 heteroatoms. The molecule has 1 unspecified atom stereocenters. The van der Waals surface area contributed by atoms with Gasteiger partial charge in [-0.15, -0.1) is 0 Å². The molecular weight excluding hydrogens is 416 g/mol. The number of imidazole rings is 1. The van der Waals surface area contributed by atoms with Crippen LogP contribution in [0.1, 0.15) is 37.3 Å². The number of aromatic nitrogens is 3. The molecule has 0 saturated carbocycles. The molecular formula is C22H27BrN4O. The predicted molar refractivity (Wildman–Crippen MR) is 116 cm³/mol. The van der Waals surface area contributed by atoms with Crippen LogP contribution >= 0.6 is 15.9 Å². The summed E-state index contributed by atoms with van der Waals surface area (Å²) < 4.78 is 8.42. The molecule has 5 nitrogen and oxygen atoms in total. The number of rotatable bonds is 7. The van der Waals surface area contributed by atoms with Gasteiger partial charge in [-0.25, -0.2) is 9.97 Å². The first-order chi connectivity index (χ1) is 13.7. The van der Waals surface area contributed by atoms with E-state index in [9.17, 15) is 0 Å². The van der Waals surface area contributed by atoms with Crippen LogP contribution in [0.4, 0.5) is 0 Å². The summed E-state index contributed by atoms with van der Waals surface area (Å²) in [6.07, 6.45) is 7.74. The minimum absolute atomic E-state index is 0.747. The van der Waals surface area contributed by atoms with Crippen LogP contribution < -0.4 is 4.74 Å². The Bertz CT molecular complexity index is 938. The highest BCUT2D eigenvalue weighted by Gasteiger charge is 2.23. The van der Waals surface area contributed by atoms with Crippen molar-refractivity contribution < 1.29 is 4.74 Å². The molecule has 0 radical (unpaired) electrons. The van der Waals surface area contributed by atoms with E-state index < -0.39 is 0 Å². The van der Waals surface area contributed by atoms with Crippen molar-refractivity contribution in [1.29, 1.82) is 0 Å². The second kappa shape index (κ2) is 8.62. The zero-order valence-corrected chi connectivity index (χ0v) is 18.2. The molecule has 0 N–H and O–H groups in total. The fourth-order valence-electron chi connectivity index (χ4n) is 4.15. The van der Waals surface area contributed by atoms with Gasteiger partial charge in [-0.2, -0.15) is 0 Å². The quantitative estimate of drug-likeness (QED) is 0.523. The van der Waals surface area contributed by atoms with E-state index in [0.29, 0.717) is 0 Å². The molecule has 0 aliphatic carbocycles. The zero-order chi connectivity index (χ0) is 19.5. The SMILES string of the molecule is CCCC1CCN(Cc2c(Br)cnc3c2ncn3Cc2ccc(OC)cc2)C1. The molecule has 0 amide bonds. The van der Waals surface area contributed by atoms with Crippen molar-refractivity contribution in [1.82, 2.24) is 19.4 Å². The maximum absolute atomic E-state index is 5.25. The smallest absolute Gasteiger partial charge is 0.160 e. The second-order valence-electron chi connectivity index (χ2n) is 7.66. The van der Waals surface area contributed by atoms with Crippen LogP contribution in [0.3, 0.4) is 0 Å². The van der Waals surface area contributed by atoms with Gasteiger partial charge in [0.15, 0.2) is 5.65 Å². The number of likely N-dealkylation sites (tertiary alicyclic amines) is 1. The zero-order valence-electron chi connectivity index (χ0n) is 16.6. The van der Waals surface area contributed by atoms with E-state index in [-0.39, 0.29) is 0 Å². The van der Waals surface area contributed by atoms with Crippen LogP contribution in [0.25, 0.3) is 11.2 Å². The van der Waals surface area contributed by atoms with E-state index >= 15 is 0 Å². The summed E-state index contributed by atoms with van der Waals surface area (Å²) >= 11 is 3.71. The Hall–Kier alpha value is -1.92. The summed E-state index contributed by atoms with van der Waals surface area (Å²) in [5.74, 6) is 1.71. The average molecular weight is 443 g/mol. The van der Waals surface area contributed by atoms with Crippen molar-refractivity contribution in [2.75, 3.05) is 20.2 Å². The van der Waals surface area contributed by atoms with Gasteiger partial charge in [-0.1, -0.05) is 25.5 Å². The molecule has 148 valence electrons. The monoisotopic (exact) mass is 442 g/mol. The first kappa shape index (κ1) is 19.4. The van der Waals surface area contributed by atoms with Gasteiger partial charge in [0.05, 0.1) is 20.0 Å². The number of benzene rings is 1. The number of ether oxygens (including phenoxy) is 1. The highest BCUT2D eigenvalue weighted by Crippen LogP contribution is 2.29. The van der Waals surface area contributed by atoms with Crippen LogP contribution in [-0.4, -0.2) is 39.6 Å². The van der Waals surface area contributed by atoms with Gasteiger partial charge in [0.2, 0.25) is 0 Å². The van der Waals surface area contributed by atoms with Crippen molar-refractivity contribution in [3.63, 3.8) is 0 Å². The first-order valence-corrected chi connectivity index (χ1v) is 10.8. The largest absolute Gasteiger partial charge is 0.497 e. The lowest BCUT2D eigenvalue weighted by Gasteiger charge is -2.17. The Morgan fingerprint density at radius 3 is 2.75 bits per heavy atom. The number of nitrogens with zero attached hydrogens (tertiary/aromatic N) is 4. The van der Waals surface area contributed by atoms with Crippen LogP contribution in [-0.2, 0) is 13.1 Å². The maximum Gasteiger partial charge on any atom is 0.160 e. The molecule has 3 aromatic rings. The topological polar surface area (TPSA) is 43.2 Å². The van der Waals surface area contributed by atoms with Gasteiger partial charge in [-0.3, -0.25) is 4.90 Å². The fourth-order valence-corrected chi connectivity index (χ4v) is 4.57. The Morgan fingerprint density at radius 2 is 2.00 bits per heavy atom. The summed E-state index contributed by atoms with van der Waals surface area (Å²) in [5, 5.41) is 0. The third-order valence-electron chi connectivity index (χ3n) is 5.64. The highest BCUT2D eigenvalue weighted by atomic mass is 79.9. The molecule has 1 aromatic carbocycles. The van der Waals surface area contributed by atoms with E-state index in [1.165, 1.54) is 43.5 Å². The van der Waals surface area contributed by atoms with E-state index in [1.807, 2.05) is 24.7 Å². The van der Waals surface area contributed by atoms with Crippen LogP contribution in [0.2, 0.25) is 0 Å². The van der Waals surface area contributed by atoms with E-state index in [1.54, 1.807) is 7.11 Å². The lowest BCUT2D eigenvalue weighted by atomic mass is 10.0. The van der Waals surface area contributed by atoms with Gasteiger partial charge in [0.25, 0.3) is 0 Å². The number of hydrogen-bond donors (Lipinski definition) is 0. The summed E-state index contributed by atoms with van der Waals surface area (Å²) in [4.78, 5) is 11.9. The fraction of sp³-hybridized carbons (Fsp3) is 0.455. The molecule has 2 aromatic heterocycles. The second-order valence-corrected chi connectivity index (χ2v) is 8.51. The summed E-state index contributed by atoms with van der Waals surface area (Å²) in [7, 11) is 1.69. The molecule has 1 atom stereocenters. The van der Waals surface area contributed by atoms with Crippen molar-refractivity contribution >= 4 is 27.1 Å². The maximum atomic E-state index is 5.25. The number of hydrogen-bond acceptors (Lipinski definition) is 4. The molecule has 1 aliphatic rings. The molecule has 3 heterocycles. The van der Waals surface area contributed by atoms with Crippen molar-refractivity contribution in [3.8, 4) is 5.75 Å². The molecule has 1 aliphatic heterocycles. The van der Waals surface area contributed by atoms with Crippen LogP contribution in [0.5, 0.6) is 5.75 Å². The number of fused-ring (bicyclic) bond motifs is 1. The van der Waals surface area contributed by atoms with E-state index in [4.69, 9.17) is 9.72 Å². The standard InChI is InChI=1S/C22H27BrN4O/c1-3-4-16-9-10-26(12-16)14-19-20(23)11-24-22-21(19)25-15-27(22)13-17-5-7-18(28-2)8-6-17/h5-8,11,15-16H,3-4,9-10,12-14H2,1-2H3. The number of halogens is 1. The van der Waals surface area contributed by atoms with E-state index in [2.05, 4.69) is 49.4 Å². The minimum Gasteiger partial charge on any atom is -0.497 e. The van der Waals surface area contributed by atoms with Crippen LogP contribution in [0.15, 0.2) is 41.3 Å². The normalized spacial score (nSPS) is 17.5. The van der Waals surface area contributed by atoms with Gasteiger partial charge >= 0.3 is 0 Å². The van der Waals surface area contributed by atoms with E-state index in [0.717, 1.165) is 40.4 Å². The minimum atomic E-state index is 0.747. The molecule has 0 spiro atoms. The molecule has 0 bridgehead atoms. The Kier molecular flexibility index (Phi) is 5.97. The van der Waals surface area contributed by atoms with Gasteiger partial charge < -0.3 is 9.30 Å². The Morgan fingerprint density at radius 1 is 1.18 bits per heavy atom. The highest BCUT2D eigenvalue weighted by molar-refractivity contribution is 9.10. The summed E-state index contributed by atoms with van der Waals surface area (Å²) in [6, 6.07) is 8.15. The van der Waals surface area contributed by atoms with Crippen LogP contribution in [0, 0.1) is 5.92 Å². The van der Waals surface area contributed by atoms with Crippen molar-refractivity contribution in [3.05, 3.63) is 52.4 Å². The third kappa shape index (κ3) is 4.08. The Labute approximate surface area is 174 Å². The first-order valence-electron chi connectivity index (χ1n) is 10.0. The van der Waals surface area contributed by atoms with Gasteiger partial charge in [-0.05, 0) is 58.9 Å². The molecule has 28 heavy (non-hydrogen) atoms. The Balaban J connectivity index is 1.56. The molecule has 1 saturated heterocycles. The summed E-state index contributed by atoms with van der Waals surface area (Å²) in [6.45, 7) is 6.32. The van der Waals surface area contributed by atoms with Gasteiger partial charge in [0, 0.05) is 29.3 Å². The summed E-state index contributed by atoms with van der Waals surface area (Å²) in [5.41, 5.74) is 4.39. The lowest BCUT2D eigenvalue weighted by molar-refractivity contribution is 0.313.